The smallest absolute Gasteiger partial charge is 0.296 e. The van der Waals surface area contributed by atoms with Gasteiger partial charge in [0.1, 0.15) is 10.3 Å². The summed E-state index contributed by atoms with van der Waals surface area (Å²) in [5.74, 6) is 0. The lowest BCUT2D eigenvalue weighted by atomic mass is 10.4. The molecule has 1 aromatic heterocycles. The summed E-state index contributed by atoms with van der Waals surface area (Å²) in [7, 11) is 0. The molecule has 0 atom stereocenters. The summed E-state index contributed by atoms with van der Waals surface area (Å²) in [5.41, 5.74) is 5.25. The third kappa shape index (κ3) is 1.45. The maximum atomic E-state index is 10.3. The molecule has 1 rings (SSSR count). The van der Waals surface area contributed by atoms with E-state index in [2.05, 4.69) is 20.9 Å². The zero-order chi connectivity index (χ0) is 8.43. The minimum Gasteiger partial charge on any atom is -0.391 e. The number of rotatable bonds is 1. The molecular formula is C5H4BrN3O2. The van der Waals surface area contributed by atoms with Gasteiger partial charge < -0.3 is 5.73 Å². The molecule has 0 saturated carbocycles. The van der Waals surface area contributed by atoms with E-state index in [4.69, 9.17) is 5.73 Å². The molecule has 0 aliphatic heterocycles. The van der Waals surface area contributed by atoms with E-state index < -0.39 is 4.92 Å². The molecule has 5 nitrogen and oxygen atoms in total. The van der Waals surface area contributed by atoms with Crippen molar-refractivity contribution in [2.24, 2.45) is 0 Å². The summed E-state index contributed by atoms with van der Waals surface area (Å²) >= 11 is 2.97. The lowest BCUT2D eigenvalue weighted by Gasteiger charge is -1.96. The standard InChI is InChI=1S/C5H4BrN3O2/c6-5-4(7)3(9(10)11)1-2-8-5/h1-2H,7H2. The first-order chi connectivity index (χ1) is 5.13. The average molecular weight is 218 g/mol. The summed E-state index contributed by atoms with van der Waals surface area (Å²) in [6.45, 7) is 0. The van der Waals surface area contributed by atoms with Gasteiger partial charge in [-0.05, 0) is 15.9 Å². The number of nitrogens with zero attached hydrogens (tertiary/aromatic N) is 2. The van der Waals surface area contributed by atoms with E-state index >= 15 is 0 Å². The molecule has 0 amide bonds. The van der Waals surface area contributed by atoms with Crippen molar-refractivity contribution < 1.29 is 4.92 Å². The zero-order valence-electron chi connectivity index (χ0n) is 5.32. The van der Waals surface area contributed by atoms with E-state index in [1.807, 2.05) is 0 Å². The summed E-state index contributed by atoms with van der Waals surface area (Å²) in [4.78, 5) is 13.4. The molecule has 0 unspecified atom stereocenters. The van der Waals surface area contributed by atoms with Crippen molar-refractivity contribution in [1.82, 2.24) is 4.98 Å². The van der Waals surface area contributed by atoms with E-state index in [0.717, 1.165) is 0 Å². The van der Waals surface area contributed by atoms with Crippen LogP contribution in [0.15, 0.2) is 16.9 Å². The molecule has 6 heteroatoms. The molecular weight excluding hydrogens is 214 g/mol. The Balaban J connectivity index is 3.27. The normalized spacial score (nSPS) is 9.55. The first kappa shape index (κ1) is 7.93. The monoisotopic (exact) mass is 217 g/mol. The summed E-state index contributed by atoms with van der Waals surface area (Å²) in [6, 6.07) is 1.25. The second-order valence-electron chi connectivity index (χ2n) is 1.79. The highest BCUT2D eigenvalue weighted by molar-refractivity contribution is 9.10. The number of aromatic nitrogens is 1. The molecule has 1 heterocycles. The number of hydrogen-bond acceptors (Lipinski definition) is 4. The van der Waals surface area contributed by atoms with Crippen LogP contribution in [0.4, 0.5) is 11.4 Å². The molecule has 0 fully saturated rings. The fraction of sp³-hybridized carbons (Fsp3) is 0. The van der Waals surface area contributed by atoms with Gasteiger partial charge in [0.15, 0.2) is 0 Å². The van der Waals surface area contributed by atoms with Gasteiger partial charge in [0.05, 0.1) is 4.92 Å². The predicted octanol–water partition coefficient (Wildman–Crippen LogP) is 1.33. The second kappa shape index (κ2) is 2.83. The van der Waals surface area contributed by atoms with Crippen LogP contribution < -0.4 is 5.73 Å². The van der Waals surface area contributed by atoms with Gasteiger partial charge in [0.25, 0.3) is 5.69 Å². The summed E-state index contributed by atoms with van der Waals surface area (Å²) in [5, 5.41) is 10.3. The largest absolute Gasteiger partial charge is 0.391 e. The summed E-state index contributed by atoms with van der Waals surface area (Å²) < 4.78 is 0.298. The third-order valence-corrected chi connectivity index (χ3v) is 1.75. The van der Waals surface area contributed by atoms with Gasteiger partial charge in [-0.15, -0.1) is 0 Å². The molecule has 0 radical (unpaired) electrons. The van der Waals surface area contributed by atoms with Crippen molar-refractivity contribution in [1.29, 1.82) is 0 Å². The van der Waals surface area contributed by atoms with Crippen LogP contribution in [0.2, 0.25) is 0 Å². The SMILES string of the molecule is Nc1c([N+](=O)[O-])ccnc1Br. The van der Waals surface area contributed by atoms with Crippen LogP contribution in [0.3, 0.4) is 0 Å². The predicted molar refractivity (Wildman–Crippen MR) is 43.0 cm³/mol. The first-order valence-electron chi connectivity index (χ1n) is 2.67. The quantitative estimate of drug-likeness (QED) is 0.438. The van der Waals surface area contributed by atoms with Crippen LogP contribution in [0.1, 0.15) is 0 Å². The van der Waals surface area contributed by atoms with Gasteiger partial charge >= 0.3 is 0 Å². The Kier molecular flexibility index (Phi) is 2.04. The molecule has 1 aromatic rings. The van der Waals surface area contributed by atoms with Crippen LogP contribution >= 0.6 is 15.9 Å². The maximum absolute atomic E-state index is 10.3. The number of anilines is 1. The Hall–Kier alpha value is -1.17. The molecule has 2 N–H and O–H groups in total. The molecule has 11 heavy (non-hydrogen) atoms. The van der Waals surface area contributed by atoms with E-state index in [-0.39, 0.29) is 11.4 Å². The van der Waals surface area contributed by atoms with Crippen molar-refractivity contribution in [3.05, 3.63) is 27.0 Å². The lowest BCUT2D eigenvalue weighted by Crippen LogP contribution is -1.97. The highest BCUT2D eigenvalue weighted by atomic mass is 79.9. The van der Waals surface area contributed by atoms with Gasteiger partial charge in [-0.1, -0.05) is 0 Å². The van der Waals surface area contributed by atoms with E-state index in [0.29, 0.717) is 4.60 Å². The van der Waals surface area contributed by atoms with Crippen LogP contribution in [0.25, 0.3) is 0 Å². The second-order valence-corrected chi connectivity index (χ2v) is 2.54. The Morgan fingerprint density at radius 3 is 2.82 bits per heavy atom. The molecule has 0 aromatic carbocycles. The van der Waals surface area contributed by atoms with E-state index in [1.165, 1.54) is 12.3 Å². The number of nitro groups is 1. The Morgan fingerprint density at radius 1 is 1.73 bits per heavy atom. The highest BCUT2D eigenvalue weighted by Crippen LogP contribution is 2.26. The van der Waals surface area contributed by atoms with Gasteiger partial charge in [0, 0.05) is 12.3 Å². The number of nitrogen functional groups attached to an aromatic ring is 1. The maximum Gasteiger partial charge on any atom is 0.296 e. The fourth-order valence-electron chi connectivity index (χ4n) is 0.598. The highest BCUT2D eigenvalue weighted by Gasteiger charge is 2.12. The Morgan fingerprint density at radius 2 is 2.36 bits per heavy atom. The zero-order valence-corrected chi connectivity index (χ0v) is 6.91. The molecule has 58 valence electrons. The first-order valence-corrected chi connectivity index (χ1v) is 3.46. The molecule has 0 saturated heterocycles. The van der Waals surface area contributed by atoms with Crippen LogP contribution in [-0.4, -0.2) is 9.91 Å². The van der Waals surface area contributed by atoms with Crippen molar-refractivity contribution in [2.45, 2.75) is 0 Å². The van der Waals surface area contributed by atoms with E-state index in [9.17, 15) is 10.1 Å². The average Bonchev–Trinajstić information content (AvgIpc) is 1.94. The topological polar surface area (TPSA) is 82.0 Å². The van der Waals surface area contributed by atoms with Crippen molar-refractivity contribution in [2.75, 3.05) is 5.73 Å². The molecule has 0 aliphatic rings. The molecule has 0 spiro atoms. The molecule has 0 bridgehead atoms. The van der Waals surface area contributed by atoms with Gasteiger partial charge in [0.2, 0.25) is 0 Å². The van der Waals surface area contributed by atoms with Crippen LogP contribution in [-0.2, 0) is 0 Å². The van der Waals surface area contributed by atoms with Gasteiger partial charge in [-0.25, -0.2) is 4.98 Å². The van der Waals surface area contributed by atoms with Crippen LogP contribution in [0, 0.1) is 10.1 Å². The fourth-order valence-corrected chi connectivity index (χ4v) is 0.919. The lowest BCUT2D eigenvalue weighted by molar-refractivity contribution is -0.384. The van der Waals surface area contributed by atoms with Crippen LogP contribution in [0.5, 0.6) is 0 Å². The van der Waals surface area contributed by atoms with E-state index in [1.54, 1.807) is 0 Å². The van der Waals surface area contributed by atoms with Gasteiger partial charge in [-0.2, -0.15) is 0 Å². The summed E-state index contributed by atoms with van der Waals surface area (Å²) in [6.07, 6.45) is 1.32. The number of nitrogens with two attached hydrogens (primary N) is 1. The van der Waals surface area contributed by atoms with Crippen molar-refractivity contribution >= 4 is 27.3 Å². The van der Waals surface area contributed by atoms with Crippen molar-refractivity contribution in [3.8, 4) is 0 Å². The number of hydrogen-bond donors (Lipinski definition) is 1. The number of halogens is 1. The Bertz CT molecular complexity index is 302. The third-order valence-electron chi connectivity index (χ3n) is 1.12. The minimum atomic E-state index is -0.554. The minimum absolute atomic E-state index is 0.0532. The van der Waals surface area contributed by atoms with Gasteiger partial charge in [-0.3, -0.25) is 10.1 Å². The Labute approximate surface area is 70.5 Å². The molecule has 0 aliphatic carbocycles. The number of pyridine rings is 1. The van der Waals surface area contributed by atoms with Crippen molar-refractivity contribution in [3.63, 3.8) is 0 Å².